The number of carbonyl (C=O) groups is 3. The molecule has 52 heavy (non-hydrogen) atoms. The summed E-state index contributed by atoms with van der Waals surface area (Å²) < 4.78 is 26.0. The van der Waals surface area contributed by atoms with Gasteiger partial charge >= 0.3 is 0 Å². The van der Waals surface area contributed by atoms with Crippen LogP contribution >= 0.6 is 0 Å². The first-order valence-electron chi connectivity index (χ1n) is 17.4. The van der Waals surface area contributed by atoms with Crippen molar-refractivity contribution >= 4 is 40.7 Å². The lowest BCUT2D eigenvalue weighted by Crippen LogP contribution is -2.59. The molecule has 2 aromatic carbocycles. The molecule has 11 nitrogen and oxygen atoms in total. The molecule has 3 aliphatic heterocycles. The van der Waals surface area contributed by atoms with Crippen LogP contribution in [0.25, 0.3) is 11.3 Å². The molecule has 6 heterocycles. The Balaban J connectivity index is 0.976. The Morgan fingerprint density at radius 2 is 1.67 bits per heavy atom. The number of pyridine rings is 2. The van der Waals surface area contributed by atoms with E-state index in [1.807, 2.05) is 13.0 Å². The van der Waals surface area contributed by atoms with Gasteiger partial charge in [0, 0.05) is 67.5 Å². The molecule has 0 saturated carbocycles. The molecule has 0 radical (unpaired) electrons. The lowest BCUT2D eigenvalue weighted by Gasteiger charge is -2.53. The normalized spacial score (nSPS) is 16.0. The third-order valence-electron chi connectivity index (χ3n) is 10.2. The fourth-order valence-corrected chi connectivity index (χ4v) is 7.31. The van der Waals surface area contributed by atoms with Gasteiger partial charge in [-0.3, -0.25) is 19.3 Å². The third kappa shape index (κ3) is 6.19. The van der Waals surface area contributed by atoms with Gasteiger partial charge in [-0.15, -0.1) is 0 Å². The van der Waals surface area contributed by atoms with Crippen molar-refractivity contribution in [2.75, 3.05) is 53.3 Å². The predicted octanol–water partition coefficient (Wildman–Crippen LogP) is 6.82. The number of aryl methyl sites for hydroxylation is 2. The van der Waals surface area contributed by atoms with Crippen molar-refractivity contribution in [1.82, 2.24) is 9.97 Å². The molecule has 8 rings (SSSR count). The van der Waals surface area contributed by atoms with Crippen molar-refractivity contribution in [3.05, 3.63) is 119 Å². The van der Waals surface area contributed by atoms with E-state index in [0.717, 1.165) is 50.3 Å². The number of nitrogens with one attached hydrogen (secondary N) is 2. The van der Waals surface area contributed by atoms with Gasteiger partial charge in [-0.05, 0) is 98.8 Å². The zero-order valence-corrected chi connectivity index (χ0v) is 28.9. The number of carbonyl (C=O) groups excluding carboxylic acids is 3. The van der Waals surface area contributed by atoms with Gasteiger partial charge in [0.25, 0.3) is 17.7 Å². The first-order chi connectivity index (χ1) is 25.2. The van der Waals surface area contributed by atoms with E-state index in [-0.39, 0.29) is 35.2 Å². The molecule has 2 N–H and O–H groups in total. The number of ether oxygens (including phenoxy) is 1. The summed E-state index contributed by atoms with van der Waals surface area (Å²) in [5, 5.41) is 5.61. The van der Waals surface area contributed by atoms with E-state index in [9.17, 15) is 18.8 Å². The number of amides is 3. The van der Waals surface area contributed by atoms with Crippen LogP contribution in [0.5, 0.6) is 0 Å². The van der Waals surface area contributed by atoms with Crippen molar-refractivity contribution in [3.8, 4) is 11.3 Å². The monoisotopic (exact) mass is 700 g/mol. The van der Waals surface area contributed by atoms with Gasteiger partial charge in [-0.25, -0.2) is 14.4 Å². The first kappa shape index (κ1) is 33.3. The Morgan fingerprint density at radius 1 is 0.885 bits per heavy atom. The summed E-state index contributed by atoms with van der Waals surface area (Å²) in [7, 11) is 0. The van der Waals surface area contributed by atoms with Crippen LogP contribution in [-0.4, -0.2) is 60.5 Å². The van der Waals surface area contributed by atoms with Crippen LogP contribution in [0.2, 0.25) is 0 Å². The third-order valence-corrected chi connectivity index (χ3v) is 10.2. The van der Waals surface area contributed by atoms with Crippen molar-refractivity contribution in [1.29, 1.82) is 0 Å². The summed E-state index contributed by atoms with van der Waals surface area (Å²) in [6.07, 6.45) is 5.80. The second-order valence-corrected chi connectivity index (χ2v) is 13.8. The van der Waals surface area contributed by atoms with Gasteiger partial charge in [-0.2, -0.15) is 0 Å². The molecule has 3 aromatic heterocycles. The molecule has 0 aliphatic carbocycles. The number of para-hydroxylation sites is 1. The Labute approximate surface area is 299 Å². The number of aromatic nitrogens is 2. The fraction of sp³-hybridized carbons (Fsp3) is 0.275. The van der Waals surface area contributed by atoms with E-state index in [2.05, 4.69) is 25.5 Å². The number of hydrogen-bond donors (Lipinski definition) is 2. The van der Waals surface area contributed by atoms with Crippen LogP contribution in [0.3, 0.4) is 0 Å². The van der Waals surface area contributed by atoms with Crippen LogP contribution < -0.4 is 20.4 Å². The van der Waals surface area contributed by atoms with E-state index >= 15 is 0 Å². The van der Waals surface area contributed by atoms with Crippen molar-refractivity contribution < 1.29 is 27.9 Å². The van der Waals surface area contributed by atoms with Crippen LogP contribution in [-0.2, 0) is 11.2 Å². The summed E-state index contributed by atoms with van der Waals surface area (Å²) in [6, 6.07) is 18.3. The van der Waals surface area contributed by atoms with E-state index in [0.29, 0.717) is 51.8 Å². The molecule has 1 spiro atoms. The van der Waals surface area contributed by atoms with Gasteiger partial charge in [0.15, 0.2) is 5.76 Å². The first-order valence-corrected chi connectivity index (χ1v) is 17.4. The van der Waals surface area contributed by atoms with Gasteiger partial charge in [0.1, 0.15) is 23.2 Å². The average molecular weight is 701 g/mol. The fourth-order valence-electron chi connectivity index (χ4n) is 7.31. The number of hydrogen-bond acceptors (Lipinski definition) is 8. The second kappa shape index (κ2) is 13.3. The lowest BCUT2D eigenvalue weighted by atomic mass is 9.73. The molecule has 3 amide bonds. The number of nitrogens with zero attached hydrogens (tertiary/aromatic N) is 4. The van der Waals surface area contributed by atoms with Crippen LogP contribution in [0.4, 0.5) is 27.4 Å². The molecule has 0 atom stereocenters. The van der Waals surface area contributed by atoms with Crippen LogP contribution in [0, 0.1) is 25.1 Å². The minimum atomic E-state index is -0.578. The highest BCUT2D eigenvalue weighted by Crippen LogP contribution is 2.43. The molecule has 0 bridgehead atoms. The standard InChI is InChI=1S/C40H37FN6O5/c1-24-19-30(35(43-21-24)46-22-40(23-46)13-17-51-18-14-40)37(48)44-28-10-8-26(9-11-28)39(50)47-16-12-27-20-32(52-34(27)29-6-4-15-42-36(29)47)38(49)45-33-25(2)5-3-7-31(33)41/h3-11,15,19-21H,12-14,16-18,22-23H2,1-2H3,(H,44,48)(H,45,49). The van der Waals surface area contributed by atoms with E-state index in [4.69, 9.17) is 9.15 Å². The number of benzene rings is 2. The largest absolute Gasteiger partial charge is 0.450 e. The number of anilines is 4. The maximum Gasteiger partial charge on any atom is 0.291 e. The smallest absolute Gasteiger partial charge is 0.291 e. The number of fused-ring (bicyclic) bond motifs is 3. The Kier molecular flexibility index (Phi) is 8.54. The minimum absolute atomic E-state index is 0.0292. The minimum Gasteiger partial charge on any atom is -0.450 e. The lowest BCUT2D eigenvalue weighted by molar-refractivity contribution is -0.000511. The number of rotatable bonds is 6. The number of furan rings is 1. The highest BCUT2D eigenvalue weighted by Gasteiger charge is 2.45. The van der Waals surface area contributed by atoms with Gasteiger partial charge in [0.05, 0.1) is 16.8 Å². The predicted molar refractivity (Wildman–Crippen MR) is 194 cm³/mol. The van der Waals surface area contributed by atoms with Gasteiger partial charge in [0.2, 0.25) is 0 Å². The van der Waals surface area contributed by atoms with Gasteiger partial charge in [-0.1, -0.05) is 12.1 Å². The zero-order valence-electron chi connectivity index (χ0n) is 28.9. The molecule has 264 valence electrons. The summed E-state index contributed by atoms with van der Waals surface area (Å²) in [5.74, 6) is -0.139. The SMILES string of the molecule is Cc1cnc(N2CC3(CCOCC3)C2)c(C(=O)Nc2ccc(C(=O)N3CCc4cc(C(=O)Nc5c(C)cccc5F)oc4-c4cccnc43)cc2)c1. The molecular formula is C40H37FN6O5. The van der Waals surface area contributed by atoms with Gasteiger partial charge < -0.3 is 24.7 Å². The number of halogens is 1. The van der Waals surface area contributed by atoms with Crippen LogP contribution in [0.15, 0.2) is 83.5 Å². The molecule has 0 unspecified atom stereocenters. The average Bonchev–Trinajstić information content (AvgIpc) is 3.51. The summed E-state index contributed by atoms with van der Waals surface area (Å²) in [5.41, 5.74) is 4.55. The second-order valence-electron chi connectivity index (χ2n) is 13.8. The highest BCUT2D eigenvalue weighted by atomic mass is 19.1. The summed E-state index contributed by atoms with van der Waals surface area (Å²) in [4.78, 5) is 53.6. The van der Waals surface area contributed by atoms with Crippen molar-refractivity contribution in [2.45, 2.75) is 33.1 Å². The van der Waals surface area contributed by atoms with Crippen molar-refractivity contribution in [2.24, 2.45) is 5.41 Å². The van der Waals surface area contributed by atoms with E-state index < -0.39 is 11.7 Å². The molecule has 2 fully saturated rings. The summed E-state index contributed by atoms with van der Waals surface area (Å²) >= 11 is 0. The summed E-state index contributed by atoms with van der Waals surface area (Å²) in [6.45, 7) is 7.14. The molecule has 3 aliphatic rings. The molecule has 2 saturated heterocycles. The molecular weight excluding hydrogens is 663 g/mol. The maximum atomic E-state index is 14.4. The maximum absolute atomic E-state index is 14.4. The van der Waals surface area contributed by atoms with E-state index in [1.165, 1.54) is 6.07 Å². The Bertz CT molecular complexity index is 2180. The quantitative estimate of drug-likeness (QED) is 0.198. The van der Waals surface area contributed by atoms with E-state index in [1.54, 1.807) is 78.8 Å². The van der Waals surface area contributed by atoms with Crippen molar-refractivity contribution in [3.63, 3.8) is 0 Å². The Morgan fingerprint density at radius 3 is 2.44 bits per heavy atom. The molecule has 5 aromatic rings. The van der Waals surface area contributed by atoms with Crippen LogP contribution in [0.1, 0.15) is 60.8 Å². The highest BCUT2D eigenvalue weighted by molar-refractivity contribution is 6.10. The zero-order chi connectivity index (χ0) is 36.0. The Hall–Kier alpha value is -5.88. The topological polar surface area (TPSA) is 130 Å². The molecule has 12 heteroatoms.